The number of fused-ring (bicyclic) bond motifs is 1. The molecule has 13 heteroatoms. The molecule has 0 aliphatic rings. The fraction of sp³-hybridized carbons (Fsp3) is 0.214. The third-order valence-electron chi connectivity index (χ3n) is 5.80. The van der Waals surface area contributed by atoms with Crippen LogP contribution in [0.4, 0.5) is 13.2 Å². The van der Waals surface area contributed by atoms with Gasteiger partial charge in [0.05, 0.1) is 40.9 Å². The van der Waals surface area contributed by atoms with Gasteiger partial charge in [-0.15, -0.1) is 0 Å². The first kappa shape index (κ1) is 30.3. The van der Waals surface area contributed by atoms with Gasteiger partial charge < -0.3 is 14.2 Å². The number of rotatable bonds is 8. The van der Waals surface area contributed by atoms with Crippen LogP contribution in [0.1, 0.15) is 25.0 Å². The molecule has 0 unspecified atom stereocenters. The highest BCUT2D eigenvalue weighted by atomic mass is 79.9. The number of halogens is 5. The third kappa shape index (κ3) is 6.46. The van der Waals surface area contributed by atoms with Crippen LogP contribution in [-0.2, 0) is 15.7 Å². The number of aromatic nitrogens is 2. The van der Waals surface area contributed by atoms with Crippen molar-refractivity contribution in [3.8, 4) is 22.9 Å². The second-order valence-electron chi connectivity index (χ2n) is 8.53. The van der Waals surface area contributed by atoms with Gasteiger partial charge in [0, 0.05) is 15.6 Å². The van der Waals surface area contributed by atoms with E-state index in [0.29, 0.717) is 20.0 Å². The van der Waals surface area contributed by atoms with Gasteiger partial charge in [-0.2, -0.15) is 22.9 Å². The van der Waals surface area contributed by atoms with Crippen molar-refractivity contribution in [3.63, 3.8) is 0 Å². The predicted molar refractivity (Wildman–Crippen MR) is 155 cm³/mol. The molecular weight excluding hydrogens is 675 g/mol. The molecule has 0 saturated heterocycles. The topological polar surface area (TPSA) is 92.0 Å². The number of para-hydroxylation sites is 1. The summed E-state index contributed by atoms with van der Waals surface area (Å²) in [5.41, 5.74) is -0.687. The largest absolute Gasteiger partial charge is 0.490 e. The lowest BCUT2D eigenvalue weighted by molar-refractivity contribution is -0.148. The minimum atomic E-state index is -4.59. The van der Waals surface area contributed by atoms with Gasteiger partial charge in [0.1, 0.15) is 0 Å². The maximum absolute atomic E-state index is 13.5. The number of benzene rings is 3. The van der Waals surface area contributed by atoms with Crippen molar-refractivity contribution < 1.29 is 32.2 Å². The molecule has 0 N–H and O–H groups in total. The first-order valence-corrected chi connectivity index (χ1v) is 13.7. The highest BCUT2D eigenvalue weighted by Gasteiger charge is 2.31. The summed E-state index contributed by atoms with van der Waals surface area (Å²) in [7, 11) is 1.24. The number of ether oxygens (including phenoxy) is 3. The summed E-state index contributed by atoms with van der Waals surface area (Å²) in [4.78, 5) is 29.9. The summed E-state index contributed by atoms with van der Waals surface area (Å²) in [6, 6.07) is 12.6. The summed E-state index contributed by atoms with van der Waals surface area (Å²) in [6.07, 6.45) is -4.21. The van der Waals surface area contributed by atoms with Crippen LogP contribution in [0.5, 0.6) is 11.5 Å². The van der Waals surface area contributed by atoms with Crippen LogP contribution in [0.25, 0.3) is 22.3 Å². The van der Waals surface area contributed by atoms with E-state index in [4.69, 9.17) is 14.2 Å². The van der Waals surface area contributed by atoms with E-state index in [9.17, 15) is 22.8 Å². The van der Waals surface area contributed by atoms with Gasteiger partial charge in [-0.1, -0.05) is 24.3 Å². The molecule has 41 heavy (non-hydrogen) atoms. The van der Waals surface area contributed by atoms with Crippen molar-refractivity contribution in [2.45, 2.75) is 26.1 Å². The second-order valence-corrected chi connectivity index (χ2v) is 10.1. The van der Waals surface area contributed by atoms with E-state index in [2.05, 4.69) is 41.9 Å². The number of esters is 1. The molecule has 0 amide bonds. The molecule has 8 nitrogen and oxygen atoms in total. The first-order chi connectivity index (χ1) is 19.5. The van der Waals surface area contributed by atoms with Crippen LogP contribution < -0.4 is 15.0 Å². The number of alkyl halides is 3. The number of carbonyl (C=O) groups is 1. The highest BCUT2D eigenvalue weighted by Crippen LogP contribution is 2.43. The number of carbonyl (C=O) groups excluding carboxylic acids is 1. The summed E-state index contributed by atoms with van der Waals surface area (Å²) in [6.45, 7) is 3.55. The summed E-state index contributed by atoms with van der Waals surface area (Å²) >= 11 is 6.92. The van der Waals surface area contributed by atoms with E-state index < -0.39 is 29.4 Å². The van der Waals surface area contributed by atoms with Crippen molar-refractivity contribution >= 4 is 54.9 Å². The lowest BCUT2D eigenvalue weighted by Crippen LogP contribution is -2.25. The minimum absolute atomic E-state index is 0.0515. The number of nitrogens with zero attached hydrogens (tertiary/aromatic N) is 3. The lowest BCUT2D eigenvalue weighted by atomic mass is 10.1. The molecule has 0 aliphatic heterocycles. The molecular formula is C28H22Br2F3N3O5. The van der Waals surface area contributed by atoms with Crippen molar-refractivity contribution in [3.05, 3.63) is 85.0 Å². The fourth-order valence-corrected chi connectivity index (χ4v) is 4.75. The van der Waals surface area contributed by atoms with Crippen molar-refractivity contribution in [1.29, 1.82) is 0 Å². The molecule has 4 aromatic rings. The normalized spacial score (nSPS) is 12.5. The summed E-state index contributed by atoms with van der Waals surface area (Å²) < 4.78 is 58.4. The Morgan fingerprint density at radius 3 is 2.54 bits per heavy atom. The lowest BCUT2D eigenvalue weighted by Gasteiger charge is -2.19. The zero-order chi connectivity index (χ0) is 29.9. The van der Waals surface area contributed by atoms with Crippen LogP contribution in [0, 0.1) is 0 Å². The average Bonchev–Trinajstić information content (AvgIpc) is 2.96. The smallest absolute Gasteiger partial charge is 0.416 e. The van der Waals surface area contributed by atoms with Gasteiger partial charge >= 0.3 is 12.1 Å². The molecule has 1 aromatic heterocycles. The fourth-order valence-electron chi connectivity index (χ4n) is 3.83. The third-order valence-corrected chi connectivity index (χ3v) is 7.94. The van der Waals surface area contributed by atoms with Crippen LogP contribution >= 0.6 is 31.9 Å². The Balaban J connectivity index is 1.88. The predicted octanol–water partition coefficient (Wildman–Crippen LogP) is 6.83. The summed E-state index contributed by atoms with van der Waals surface area (Å²) in [5.74, 6) is -0.181. The van der Waals surface area contributed by atoms with Gasteiger partial charge in [0.2, 0.25) is 0 Å². The molecule has 0 bridgehead atoms. The molecule has 0 radical (unpaired) electrons. The quantitative estimate of drug-likeness (QED) is 0.148. The minimum Gasteiger partial charge on any atom is -0.490 e. The molecule has 1 heterocycles. The van der Waals surface area contributed by atoms with Crippen LogP contribution in [0.3, 0.4) is 0 Å². The second kappa shape index (κ2) is 12.4. The molecule has 0 fully saturated rings. The van der Waals surface area contributed by atoms with E-state index in [0.717, 1.165) is 16.8 Å². The zero-order valence-electron chi connectivity index (χ0n) is 21.8. The molecule has 214 valence electrons. The maximum Gasteiger partial charge on any atom is 0.416 e. The number of hydrogen-bond acceptors (Lipinski definition) is 7. The van der Waals surface area contributed by atoms with Gasteiger partial charge in [-0.05, 0) is 76.0 Å². The van der Waals surface area contributed by atoms with E-state index in [-0.39, 0.29) is 34.9 Å². The molecule has 3 aromatic carbocycles. The monoisotopic (exact) mass is 695 g/mol. The van der Waals surface area contributed by atoms with E-state index in [1.165, 1.54) is 32.4 Å². The summed E-state index contributed by atoms with van der Waals surface area (Å²) in [5, 5.41) is 4.58. The van der Waals surface area contributed by atoms with Crippen LogP contribution in [0.2, 0.25) is 0 Å². The molecule has 0 saturated carbocycles. The molecule has 0 spiro atoms. The molecule has 4 rings (SSSR count). The Labute approximate surface area is 249 Å². The molecule has 0 aliphatic carbocycles. The first-order valence-electron chi connectivity index (χ1n) is 12.1. The highest BCUT2D eigenvalue weighted by molar-refractivity contribution is 9.13. The Kier molecular flexibility index (Phi) is 9.17. The Hall–Kier alpha value is -3.71. The number of hydrogen-bond donors (Lipinski definition) is 0. The van der Waals surface area contributed by atoms with Gasteiger partial charge in [0.15, 0.2) is 23.4 Å². The van der Waals surface area contributed by atoms with Gasteiger partial charge in [0.25, 0.3) is 5.56 Å². The van der Waals surface area contributed by atoms with Gasteiger partial charge in [-0.25, -0.2) is 9.78 Å². The van der Waals surface area contributed by atoms with Crippen molar-refractivity contribution in [2.75, 3.05) is 13.7 Å². The van der Waals surface area contributed by atoms with Gasteiger partial charge in [-0.3, -0.25) is 4.79 Å². The van der Waals surface area contributed by atoms with Crippen molar-refractivity contribution in [2.24, 2.45) is 5.10 Å². The zero-order valence-corrected chi connectivity index (χ0v) is 25.0. The van der Waals surface area contributed by atoms with E-state index >= 15 is 0 Å². The average molecular weight is 697 g/mol. The number of methoxy groups -OCH3 is 1. The SMILES string of the molecule is CCOc1cc(C=Nn2c(-c3cccc(C(F)(F)F)c3)nc3ccccc3c2=O)c(Br)c(Br)c1O[C@@H](C)C(=O)OC. The molecule has 1 atom stereocenters. The Bertz CT molecular complexity index is 1710. The van der Waals surface area contributed by atoms with Crippen LogP contribution in [0.15, 0.2) is 73.4 Å². The standard InChI is InChI=1S/C28H22Br2F3N3O5/c1-4-40-21-13-17(22(29)23(30)24(21)41-15(2)27(38)39-3)14-34-36-25(16-8-7-9-18(12-16)28(31,32)33)35-20-11-6-5-10-19(20)26(36)37/h5-15H,4H2,1-3H3/t15-/m0/s1. The maximum atomic E-state index is 13.5. The Morgan fingerprint density at radius 2 is 1.85 bits per heavy atom. The van der Waals surface area contributed by atoms with Crippen LogP contribution in [-0.4, -0.2) is 41.7 Å². The van der Waals surface area contributed by atoms with Crippen molar-refractivity contribution in [1.82, 2.24) is 9.66 Å². The Morgan fingerprint density at radius 1 is 1.12 bits per heavy atom. The van der Waals surface area contributed by atoms with E-state index in [1.54, 1.807) is 37.3 Å². The van der Waals surface area contributed by atoms with E-state index in [1.807, 2.05) is 0 Å².